The van der Waals surface area contributed by atoms with Gasteiger partial charge in [-0.1, -0.05) is 334 Å². The molecule has 103 heavy (non-hydrogen) atoms. The molecule has 0 saturated carbocycles. The molecule has 0 N–H and O–H groups in total. The number of rotatable bonds is 9. The maximum Gasteiger partial charge on any atom is 0.0714 e. The second-order valence-corrected chi connectivity index (χ2v) is 31.7. The first-order valence-electron chi connectivity index (χ1n) is 36.9. The van der Waals surface area contributed by atoms with Crippen molar-refractivity contribution >= 4 is 0 Å². The molecule has 0 spiro atoms. The van der Waals surface area contributed by atoms with Crippen molar-refractivity contribution in [3.63, 3.8) is 0 Å². The van der Waals surface area contributed by atoms with Crippen LogP contribution in [0.1, 0.15) is 122 Å². The molecule has 0 aliphatic heterocycles. The molecule has 0 amide bonds. The van der Waals surface area contributed by atoms with Crippen LogP contribution in [0.4, 0.5) is 0 Å². The normalized spacial score (nSPS) is 15.4. The molecular formula is C103H78. The van der Waals surface area contributed by atoms with E-state index in [-0.39, 0.29) is 21.7 Å². The number of benzene rings is 15. The highest BCUT2D eigenvalue weighted by atomic mass is 14.5. The summed E-state index contributed by atoms with van der Waals surface area (Å²) in [7, 11) is 0. The summed E-state index contributed by atoms with van der Waals surface area (Å²) in [4.78, 5) is 0. The highest BCUT2D eigenvalue weighted by Crippen LogP contribution is 2.64. The van der Waals surface area contributed by atoms with Gasteiger partial charge >= 0.3 is 0 Å². The molecule has 5 aliphatic rings. The molecule has 15 aromatic carbocycles. The van der Waals surface area contributed by atoms with Crippen molar-refractivity contribution in [2.45, 2.75) is 82.5 Å². The summed E-state index contributed by atoms with van der Waals surface area (Å²) in [6.45, 7) is 19.4. The fourth-order valence-electron chi connectivity index (χ4n) is 20.0. The van der Waals surface area contributed by atoms with Crippen LogP contribution in [0.15, 0.2) is 328 Å². The first-order valence-corrected chi connectivity index (χ1v) is 36.9. The van der Waals surface area contributed by atoms with Crippen molar-refractivity contribution in [2.75, 3.05) is 0 Å². The zero-order valence-corrected chi connectivity index (χ0v) is 59.7. The minimum atomic E-state index is -0.994. The Balaban J connectivity index is 0.981. The Morgan fingerprint density at radius 1 is 0.146 bits per heavy atom. The Morgan fingerprint density at radius 3 is 0.757 bits per heavy atom. The van der Waals surface area contributed by atoms with Crippen LogP contribution in [0.25, 0.3) is 134 Å². The first-order chi connectivity index (χ1) is 50.1. The quantitative estimate of drug-likeness (QED) is 0.135. The van der Waals surface area contributed by atoms with Crippen molar-refractivity contribution in [3.05, 3.63) is 394 Å². The van der Waals surface area contributed by atoms with Gasteiger partial charge in [0.1, 0.15) is 0 Å². The highest BCUT2D eigenvalue weighted by Gasteiger charge is 2.50. The lowest BCUT2D eigenvalue weighted by Crippen LogP contribution is -2.29. The van der Waals surface area contributed by atoms with Crippen molar-refractivity contribution < 1.29 is 0 Å². The van der Waals surface area contributed by atoms with Crippen LogP contribution in [0.2, 0.25) is 0 Å². The average molecular weight is 1320 g/mol. The van der Waals surface area contributed by atoms with Gasteiger partial charge in [0.2, 0.25) is 0 Å². The summed E-state index contributed by atoms with van der Waals surface area (Å²) in [6, 6.07) is 127. The van der Waals surface area contributed by atoms with E-state index in [1.165, 1.54) is 200 Å². The topological polar surface area (TPSA) is 0 Å². The van der Waals surface area contributed by atoms with Crippen molar-refractivity contribution in [2.24, 2.45) is 0 Å². The van der Waals surface area contributed by atoms with Crippen molar-refractivity contribution in [3.8, 4) is 134 Å². The van der Waals surface area contributed by atoms with E-state index in [4.69, 9.17) is 0 Å². The minimum absolute atomic E-state index is 0.220. The van der Waals surface area contributed by atoms with Gasteiger partial charge in [-0.15, -0.1) is 0 Å². The Labute approximate surface area is 606 Å². The monoisotopic (exact) mass is 1310 g/mol. The molecule has 0 aromatic heterocycles. The molecule has 15 aromatic rings. The van der Waals surface area contributed by atoms with E-state index in [1.54, 1.807) is 0 Å². The molecule has 0 saturated heterocycles. The zero-order valence-electron chi connectivity index (χ0n) is 59.7. The summed E-state index contributed by atoms with van der Waals surface area (Å²) < 4.78 is 0. The van der Waals surface area contributed by atoms with Gasteiger partial charge in [-0.25, -0.2) is 0 Å². The van der Waals surface area contributed by atoms with Gasteiger partial charge in [0.25, 0.3) is 0 Å². The smallest absolute Gasteiger partial charge is 0.0622 e. The maximum atomic E-state index is 2.65. The SMILES string of the molecule is CC1(C)c2ccccc2-c2c(-c3cc(-c4cccc5c4-c4ccccc4C5(C)C)cc(C4(c5cc(-c6cccc7c6-c6ccccc6C7(C)C)cc(-c6cccc7c6-c6ccccc6C7(C)C)c5)c5cc(-c6ccccc6)ccc5-c5c(-c6cccc(-c7ccccc7)c6)cccc54)c3)cccc21. The van der Waals surface area contributed by atoms with E-state index >= 15 is 0 Å². The van der Waals surface area contributed by atoms with Crippen LogP contribution >= 0.6 is 0 Å². The molecule has 0 heteroatoms. The van der Waals surface area contributed by atoms with Crippen LogP contribution in [0, 0.1) is 0 Å². The van der Waals surface area contributed by atoms with E-state index in [0.717, 1.165) is 0 Å². The van der Waals surface area contributed by atoms with Gasteiger partial charge < -0.3 is 0 Å². The van der Waals surface area contributed by atoms with E-state index in [2.05, 4.69) is 383 Å². The summed E-state index contributed by atoms with van der Waals surface area (Å²) >= 11 is 0. The molecule has 0 fully saturated rings. The third-order valence-corrected chi connectivity index (χ3v) is 25.0. The lowest BCUT2D eigenvalue weighted by atomic mass is 9.65. The third kappa shape index (κ3) is 8.65. The van der Waals surface area contributed by atoms with Crippen LogP contribution in [-0.2, 0) is 27.1 Å². The standard InChI is InChI=1S/C103H78/c1-99(2)84-44-19-15-35-79(84)94-75(40-24-48-88(94)99)68-56-69(76-41-25-49-89-95(76)80-36-16-20-45-85(80)100(89,3)4)59-72(58-68)103(92-52-28-39-74(67-34-23-33-65(55-67)63-29-11-9-12-30-63)98(92)83-54-53-66(62-93(83)103)64-31-13-10-14-32-64)73-60-70(77-42-26-50-90-96(77)81-37-17-21-46-86(81)101(90,5)6)57-71(61-73)78-43-27-51-91-97(78)82-38-18-22-47-87(82)102(91,7)8/h9-62H,1-8H3. The minimum Gasteiger partial charge on any atom is -0.0622 e. The van der Waals surface area contributed by atoms with Gasteiger partial charge in [-0.3, -0.25) is 0 Å². The maximum absolute atomic E-state index is 2.65. The molecule has 0 nitrogen and oxygen atoms in total. The predicted octanol–water partition coefficient (Wildman–Crippen LogP) is 26.9. The largest absolute Gasteiger partial charge is 0.0714 e. The molecule has 5 aliphatic carbocycles. The lowest BCUT2D eigenvalue weighted by molar-refractivity contribution is 0.660. The van der Waals surface area contributed by atoms with Crippen molar-refractivity contribution in [1.29, 1.82) is 0 Å². The fourth-order valence-corrected chi connectivity index (χ4v) is 20.0. The summed E-state index contributed by atoms with van der Waals surface area (Å²) in [5, 5.41) is 0. The highest BCUT2D eigenvalue weighted by molar-refractivity contribution is 6.03. The number of fused-ring (bicyclic) bond motifs is 15. The van der Waals surface area contributed by atoms with Gasteiger partial charge in [-0.2, -0.15) is 0 Å². The van der Waals surface area contributed by atoms with Gasteiger partial charge in [-0.05, 0) is 249 Å². The van der Waals surface area contributed by atoms with Gasteiger partial charge in [0.05, 0.1) is 5.41 Å². The fraction of sp³-hybridized carbons (Fsp3) is 0.126. The Hall–Kier alpha value is -11.7. The van der Waals surface area contributed by atoms with Crippen molar-refractivity contribution in [1.82, 2.24) is 0 Å². The second-order valence-electron chi connectivity index (χ2n) is 31.7. The molecule has 0 bridgehead atoms. The summed E-state index contributed by atoms with van der Waals surface area (Å²) in [6.07, 6.45) is 0. The zero-order chi connectivity index (χ0) is 69.5. The summed E-state index contributed by atoms with van der Waals surface area (Å²) in [5.74, 6) is 0. The van der Waals surface area contributed by atoms with Gasteiger partial charge in [0, 0.05) is 21.7 Å². The molecule has 0 radical (unpaired) electrons. The van der Waals surface area contributed by atoms with E-state index in [0.29, 0.717) is 0 Å². The molecule has 0 atom stereocenters. The van der Waals surface area contributed by atoms with Crippen LogP contribution in [0.3, 0.4) is 0 Å². The average Bonchev–Trinajstić information content (AvgIpc) is 1.55. The Bertz CT molecular complexity index is 5590. The second kappa shape index (κ2) is 22.2. The Morgan fingerprint density at radius 2 is 0.388 bits per heavy atom. The molecule has 0 heterocycles. The van der Waals surface area contributed by atoms with E-state index < -0.39 is 5.41 Å². The van der Waals surface area contributed by atoms with Crippen LogP contribution in [0.5, 0.6) is 0 Å². The number of hydrogen-bond acceptors (Lipinski definition) is 0. The number of hydrogen-bond donors (Lipinski definition) is 0. The van der Waals surface area contributed by atoms with E-state index in [1.807, 2.05) is 0 Å². The van der Waals surface area contributed by atoms with Crippen LogP contribution in [-0.4, -0.2) is 0 Å². The molecule has 20 rings (SSSR count). The summed E-state index contributed by atoms with van der Waals surface area (Å²) in [5.41, 5.74) is 43.7. The van der Waals surface area contributed by atoms with Crippen LogP contribution < -0.4 is 0 Å². The first kappa shape index (κ1) is 61.2. The molecule has 0 unspecified atom stereocenters. The lowest BCUT2D eigenvalue weighted by Gasteiger charge is -2.36. The molecular weight excluding hydrogens is 1240 g/mol. The Kier molecular flexibility index (Phi) is 13.2. The third-order valence-electron chi connectivity index (χ3n) is 25.0. The predicted molar refractivity (Wildman–Crippen MR) is 432 cm³/mol. The van der Waals surface area contributed by atoms with Gasteiger partial charge in [0.15, 0.2) is 0 Å². The molecule has 490 valence electrons. The van der Waals surface area contributed by atoms with E-state index in [9.17, 15) is 0 Å².